The molecule has 5 nitrogen and oxygen atoms in total. The van der Waals surface area contributed by atoms with Gasteiger partial charge < -0.3 is 4.74 Å². The van der Waals surface area contributed by atoms with Crippen LogP contribution >= 0.6 is 0 Å². The van der Waals surface area contributed by atoms with Crippen molar-refractivity contribution in [3.8, 4) is 0 Å². The lowest BCUT2D eigenvalue weighted by atomic mass is 10.3. The molecule has 6 heteroatoms. The Hall–Kier alpha value is -0.170. The molecule has 0 unspecified atom stereocenters. The van der Waals surface area contributed by atoms with Crippen LogP contribution in [-0.2, 0) is 14.8 Å². The number of sulfonamides is 1. The average molecular weight is 262 g/mol. The first-order valence-corrected chi connectivity index (χ1v) is 8.00. The summed E-state index contributed by atoms with van der Waals surface area (Å²) in [5.74, 6) is 0.712. The maximum Gasteiger partial charge on any atom is 0.212 e. The van der Waals surface area contributed by atoms with E-state index in [4.69, 9.17) is 4.74 Å². The summed E-state index contributed by atoms with van der Waals surface area (Å²) in [5, 5.41) is 0. The molecule has 17 heavy (non-hydrogen) atoms. The van der Waals surface area contributed by atoms with Crippen LogP contribution in [0.15, 0.2) is 0 Å². The number of hydrogen-bond donors (Lipinski definition) is 1. The lowest BCUT2D eigenvalue weighted by molar-refractivity contribution is 0.0354. The van der Waals surface area contributed by atoms with Crippen molar-refractivity contribution in [3.63, 3.8) is 0 Å². The summed E-state index contributed by atoms with van der Waals surface area (Å²) < 4.78 is 31.6. The fourth-order valence-electron chi connectivity index (χ4n) is 2.16. The van der Waals surface area contributed by atoms with Crippen molar-refractivity contribution in [1.82, 2.24) is 9.62 Å². The van der Waals surface area contributed by atoms with Crippen LogP contribution in [0.5, 0.6) is 0 Å². The number of morpholine rings is 1. The molecular weight excluding hydrogens is 240 g/mol. The van der Waals surface area contributed by atoms with Crippen LogP contribution < -0.4 is 4.72 Å². The molecule has 1 saturated carbocycles. The topological polar surface area (TPSA) is 58.6 Å². The number of nitrogens with one attached hydrogen (secondary N) is 1. The highest BCUT2D eigenvalue weighted by molar-refractivity contribution is 7.89. The van der Waals surface area contributed by atoms with E-state index in [9.17, 15) is 8.42 Å². The summed E-state index contributed by atoms with van der Waals surface area (Å²) in [6, 6.07) is -0.0168. The minimum Gasteiger partial charge on any atom is -0.379 e. The fraction of sp³-hybridized carbons (Fsp3) is 1.00. The SMILES string of the molecule is C[C@@H](CN1CCOCC1)NS(=O)(=O)CC1CC1. The van der Waals surface area contributed by atoms with E-state index in [1.807, 2.05) is 6.92 Å². The average Bonchev–Trinajstić information content (AvgIpc) is 3.01. The lowest BCUT2D eigenvalue weighted by Gasteiger charge is -2.29. The van der Waals surface area contributed by atoms with Gasteiger partial charge in [0.05, 0.1) is 19.0 Å². The van der Waals surface area contributed by atoms with E-state index in [2.05, 4.69) is 9.62 Å². The van der Waals surface area contributed by atoms with Gasteiger partial charge in [0.15, 0.2) is 0 Å². The first-order chi connectivity index (χ1) is 8.05. The summed E-state index contributed by atoms with van der Waals surface area (Å²) in [6.45, 7) is 6.00. The van der Waals surface area contributed by atoms with Gasteiger partial charge >= 0.3 is 0 Å². The van der Waals surface area contributed by atoms with Gasteiger partial charge in [0.25, 0.3) is 0 Å². The molecule has 100 valence electrons. The van der Waals surface area contributed by atoms with Gasteiger partial charge in [-0.15, -0.1) is 0 Å². The normalized spacial score (nSPS) is 24.8. The van der Waals surface area contributed by atoms with Crippen molar-refractivity contribution in [3.05, 3.63) is 0 Å². The number of nitrogens with zero attached hydrogens (tertiary/aromatic N) is 1. The van der Waals surface area contributed by atoms with Crippen LogP contribution in [0.25, 0.3) is 0 Å². The van der Waals surface area contributed by atoms with E-state index in [1.165, 1.54) is 0 Å². The molecule has 1 heterocycles. The van der Waals surface area contributed by atoms with E-state index in [0.29, 0.717) is 11.7 Å². The van der Waals surface area contributed by atoms with Crippen LogP contribution in [0.2, 0.25) is 0 Å². The first kappa shape index (κ1) is 13.3. The van der Waals surface area contributed by atoms with E-state index < -0.39 is 10.0 Å². The Bertz CT molecular complexity index is 335. The van der Waals surface area contributed by atoms with Crippen molar-refractivity contribution >= 4 is 10.0 Å². The van der Waals surface area contributed by atoms with Crippen LogP contribution in [0.4, 0.5) is 0 Å². The van der Waals surface area contributed by atoms with Gasteiger partial charge in [0, 0.05) is 25.7 Å². The fourth-order valence-corrected chi connectivity index (χ4v) is 3.90. The molecule has 0 aromatic rings. The predicted molar refractivity (Wildman–Crippen MR) is 66.4 cm³/mol. The number of rotatable bonds is 6. The molecule has 1 atom stereocenters. The third-order valence-corrected chi connectivity index (χ3v) is 4.84. The molecule has 1 N–H and O–H groups in total. The van der Waals surface area contributed by atoms with Crippen molar-refractivity contribution in [2.24, 2.45) is 5.92 Å². The zero-order valence-corrected chi connectivity index (χ0v) is 11.2. The second-order valence-corrected chi connectivity index (χ2v) is 6.96. The molecular formula is C11H22N2O3S. The highest BCUT2D eigenvalue weighted by atomic mass is 32.2. The molecule has 0 radical (unpaired) electrons. The summed E-state index contributed by atoms with van der Waals surface area (Å²) in [4.78, 5) is 2.24. The molecule has 0 amide bonds. The van der Waals surface area contributed by atoms with E-state index >= 15 is 0 Å². The van der Waals surface area contributed by atoms with Gasteiger partial charge in [-0.25, -0.2) is 13.1 Å². The van der Waals surface area contributed by atoms with E-state index in [0.717, 1.165) is 45.7 Å². The quantitative estimate of drug-likeness (QED) is 0.734. The summed E-state index contributed by atoms with van der Waals surface area (Å²) >= 11 is 0. The molecule has 2 rings (SSSR count). The Morgan fingerprint density at radius 3 is 2.59 bits per heavy atom. The maximum absolute atomic E-state index is 11.8. The largest absolute Gasteiger partial charge is 0.379 e. The highest BCUT2D eigenvalue weighted by Gasteiger charge is 2.29. The maximum atomic E-state index is 11.8. The second-order valence-electron chi connectivity index (χ2n) is 5.16. The third kappa shape index (κ3) is 4.91. The van der Waals surface area contributed by atoms with Gasteiger partial charge in [-0.05, 0) is 25.7 Å². The zero-order valence-electron chi connectivity index (χ0n) is 10.4. The molecule has 0 bridgehead atoms. The van der Waals surface area contributed by atoms with Crippen molar-refractivity contribution in [1.29, 1.82) is 0 Å². The third-order valence-electron chi connectivity index (χ3n) is 3.17. The summed E-state index contributed by atoms with van der Waals surface area (Å²) in [7, 11) is -3.08. The zero-order chi connectivity index (χ0) is 12.3. The lowest BCUT2D eigenvalue weighted by Crippen LogP contribution is -2.46. The summed E-state index contributed by atoms with van der Waals surface area (Å²) in [6.07, 6.45) is 2.14. The van der Waals surface area contributed by atoms with Crippen molar-refractivity contribution < 1.29 is 13.2 Å². The monoisotopic (exact) mass is 262 g/mol. The Labute approximate surface area is 104 Å². The van der Waals surface area contributed by atoms with Gasteiger partial charge in [-0.2, -0.15) is 0 Å². The van der Waals surface area contributed by atoms with Crippen LogP contribution in [-0.4, -0.2) is 58.0 Å². The molecule has 1 aliphatic carbocycles. The highest BCUT2D eigenvalue weighted by Crippen LogP contribution is 2.29. The molecule has 1 aliphatic heterocycles. The Balaban J connectivity index is 1.73. The molecule has 0 aromatic heterocycles. The smallest absolute Gasteiger partial charge is 0.212 e. The Kier molecular flexibility index (Phi) is 4.41. The van der Waals surface area contributed by atoms with Gasteiger partial charge in [-0.1, -0.05) is 0 Å². The first-order valence-electron chi connectivity index (χ1n) is 6.35. The van der Waals surface area contributed by atoms with Crippen molar-refractivity contribution in [2.45, 2.75) is 25.8 Å². The standard InChI is InChI=1S/C11H22N2O3S/c1-10(8-13-4-6-16-7-5-13)12-17(14,15)9-11-2-3-11/h10-12H,2-9H2,1H3/t10-/m0/s1. The predicted octanol–water partition coefficient (Wildman–Crippen LogP) is 0.0365. The van der Waals surface area contributed by atoms with E-state index in [1.54, 1.807) is 0 Å². The molecule has 0 aromatic carbocycles. The molecule has 1 saturated heterocycles. The van der Waals surface area contributed by atoms with Crippen LogP contribution in [0.1, 0.15) is 19.8 Å². The number of hydrogen-bond acceptors (Lipinski definition) is 4. The van der Waals surface area contributed by atoms with Crippen LogP contribution in [0.3, 0.4) is 0 Å². The van der Waals surface area contributed by atoms with Gasteiger partial charge in [0.1, 0.15) is 0 Å². The molecule has 0 spiro atoms. The minimum atomic E-state index is -3.08. The van der Waals surface area contributed by atoms with E-state index in [-0.39, 0.29) is 6.04 Å². The van der Waals surface area contributed by atoms with Crippen LogP contribution in [0, 0.1) is 5.92 Å². The molecule has 2 aliphatic rings. The Morgan fingerprint density at radius 2 is 2.00 bits per heavy atom. The van der Waals surface area contributed by atoms with Crippen molar-refractivity contribution in [2.75, 3.05) is 38.6 Å². The second kappa shape index (κ2) is 5.65. The Morgan fingerprint density at radius 1 is 1.35 bits per heavy atom. The molecule has 2 fully saturated rings. The van der Waals surface area contributed by atoms with Gasteiger partial charge in [-0.3, -0.25) is 4.90 Å². The number of ether oxygens (including phenoxy) is 1. The summed E-state index contributed by atoms with van der Waals surface area (Å²) in [5.41, 5.74) is 0. The minimum absolute atomic E-state index is 0.0168. The van der Waals surface area contributed by atoms with Gasteiger partial charge in [0.2, 0.25) is 10.0 Å².